The lowest BCUT2D eigenvalue weighted by molar-refractivity contribution is -0.124. The van der Waals surface area contributed by atoms with E-state index in [2.05, 4.69) is 10.3 Å². The van der Waals surface area contributed by atoms with Crippen molar-refractivity contribution in [3.8, 4) is 0 Å². The Balaban J connectivity index is 1.83. The van der Waals surface area contributed by atoms with Crippen LogP contribution in [0.25, 0.3) is 0 Å². The fourth-order valence-electron chi connectivity index (χ4n) is 1.97. The molecule has 21 heavy (non-hydrogen) atoms. The van der Waals surface area contributed by atoms with Gasteiger partial charge in [-0.2, -0.15) is 0 Å². The summed E-state index contributed by atoms with van der Waals surface area (Å²) in [6.45, 7) is -0.566. The first-order valence-electron chi connectivity index (χ1n) is 6.22. The molecule has 1 saturated heterocycles. The monoisotopic (exact) mass is 314 g/mol. The lowest BCUT2D eigenvalue weighted by Crippen LogP contribution is -2.38. The fraction of sp³-hybridized carbons (Fsp3) is 0.417. The molecule has 8 nitrogen and oxygen atoms in total. The summed E-state index contributed by atoms with van der Waals surface area (Å²) >= 11 is 0. The highest BCUT2D eigenvalue weighted by Gasteiger charge is 2.29. The number of nitrogens with one attached hydrogen (secondary N) is 2. The first kappa shape index (κ1) is 15.2. The van der Waals surface area contributed by atoms with Gasteiger partial charge in [0.05, 0.1) is 11.5 Å². The first-order chi connectivity index (χ1) is 9.87. The predicted molar refractivity (Wildman–Crippen MR) is 72.5 cm³/mol. The van der Waals surface area contributed by atoms with Crippen molar-refractivity contribution in [2.75, 3.05) is 18.1 Å². The summed E-state index contributed by atoms with van der Waals surface area (Å²) in [5.41, 5.74) is -0.807. The van der Waals surface area contributed by atoms with Crippen LogP contribution in [0, 0.1) is 0 Å². The van der Waals surface area contributed by atoms with Gasteiger partial charge >= 0.3 is 5.97 Å². The fourth-order valence-corrected chi connectivity index (χ4v) is 3.64. The molecule has 9 heteroatoms. The van der Waals surface area contributed by atoms with Crippen LogP contribution in [0.1, 0.15) is 16.8 Å². The molecule has 1 fully saturated rings. The molecule has 1 aromatic heterocycles. The van der Waals surface area contributed by atoms with Gasteiger partial charge in [0, 0.05) is 12.2 Å². The molecule has 0 spiro atoms. The minimum atomic E-state index is -3.09. The maximum atomic E-state index is 11.6. The van der Waals surface area contributed by atoms with E-state index in [4.69, 9.17) is 4.74 Å². The van der Waals surface area contributed by atoms with Gasteiger partial charge in [0.2, 0.25) is 0 Å². The van der Waals surface area contributed by atoms with Crippen molar-refractivity contribution in [3.05, 3.63) is 34.2 Å². The predicted octanol–water partition coefficient (Wildman–Crippen LogP) is -1.16. The van der Waals surface area contributed by atoms with E-state index in [0.29, 0.717) is 6.42 Å². The summed E-state index contributed by atoms with van der Waals surface area (Å²) < 4.78 is 27.2. The second-order valence-electron chi connectivity index (χ2n) is 4.66. The molecule has 2 N–H and O–H groups in total. The Morgan fingerprint density at radius 2 is 2.19 bits per heavy atom. The smallest absolute Gasteiger partial charge is 0.344 e. The number of aromatic nitrogens is 1. The largest absolute Gasteiger partial charge is 0.452 e. The van der Waals surface area contributed by atoms with E-state index in [1.165, 1.54) is 18.3 Å². The van der Waals surface area contributed by atoms with E-state index in [0.717, 1.165) is 0 Å². The Labute approximate surface area is 120 Å². The van der Waals surface area contributed by atoms with Crippen LogP contribution in [0.2, 0.25) is 0 Å². The van der Waals surface area contributed by atoms with Crippen LogP contribution >= 0.6 is 0 Å². The highest BCUT2D eigenvalue weighted by atomic mass is 32.2. The molecular weight excluding hydrogens is 300 g/mol. The molecule has 1 amide bonds. The van der Waals surface area contributed by atoms with Crippen LogP contribution < -0.4 is 10.9 Å². The Kier molecular flexibility index (Phi) is 4.41. The molecule has 2 heterocycles. The number of carbonyl (C=O) groups excluding carboxylic acids is 2. The van der Waals surface area contributed by atoms with Crippen molar-refractivity contribution < 1.29 is 22.7 Å². The van der Waals surface area contributed by atoms with E-state index in [1.54, 1.807) is 0 Å². The molecule has 114 valence electrons. The van der Waals surface area contributed by atoms with Gasteiger partial charge in [0.1, 0.15) is 5.56 Å². The first-order valence-corrected chi connectivity index (χ1v) is 8.04. The summed E-state index contributed by atoms with van der Waals surface area (Å²) in [7, 11) is -3.09. The minimum Gasteiger partial charge on any atom is -0.452 e. The Morgan fingerprint density at radius 1 is 1.43 bits per heavy atom. The number of amides is 1. The lowest BCUT2D eigenvalue weighted by Gasteiger charge is -2.10. The third-order valence-electron chi connectivity index (χ3n) is 2.97. The third kappa shape index (κ3) is 4.15. The van der Waals surface area contributed by atoms with Crippen molar-refractivity contribution in [1.29, 1.82) is 0 Å². The average Bonchev–Trinajstić information content (AvgIpc) is 2.75. The number of carbonyl (C=O) groups is 2. The number of esters is 1. The molecule has 1 unspecified atom stereocenters. The summed E-state index contributed by atoms with van der Waals surface area (Å²) in [5.74, 6) is -1.58. The van der Waals surface area contributed by atoms with Crippen LogP contribution in [-0.4, -0.2) is 49.4 Å². The minimum absolute atomic E-state index is 0.0388. The number of hydrogen-bond donors (Lipinski definition) is 2. The number of aromatic amines is 1. The highest BCUT2D eigenvalue weighted by molar-refractivity contribution is 7.91. The molecule has 1 aliphatic rings. The summed E-state index contributed by atoms with van der Waals surface area (Å²) in [5, 5.41) is 2.47. The molecular formula is C12H14N2O6S. The Morgan fingerprint density at radius 3 is 2.81 bits per heavy atom. The maximum Gasteiger partial charge on any atom is 0.344 e. The van der Waals surface area contributed by atoms with E-state index >= 15 is 0 Å². The number of H-pyrrole nitrogens is 1. The molecule has 1 aromatic rings. The van der Waals surface area contributed by atoms with Crippen molar-refractivity contribution >= 4 is 21.7 Å². The average molecular weight is 314 g/mol. The van der Waals surface area contributed by atoms with Crippen LogP contribution in [-0.2, 0) is 19.4 Å². The Bertz CT molecular complexity index is 708. The van der Waals surface area contributed by atoms with E-state index < -0.39 is 39.9 Å². The van der Waals surface area contributed by atoms with Gasteiger partial charge in [0.15, 0.2) is 16.4 Å². The standard InChI is InChI=1S/C12H14N2O6S/c15-10(14-8-3-5-21(18,19)7-8)6-20-12(17)9-2-1-4-13-11(9)16/h1-2,4,8H,3,5-7H2,(H,13,16)(H,14,15). The number of sulfone groups is 1. The van der Waals surface area contributed by atoms with E-state index in [1.807, 2.05) is 0 Å². The van der Waals surface area contributed by atoms with Gasteiger partial charge in [0.25, 0.3) is 11.5 Å². The van der Waals surface area contributed by atoms with Crippen LogP contribution in [0.5, 0.6) is 0 Å². The molecule has 2 rings (SSSR count). The molecule has 0 aromatic carbocycles. The maximum absolute atomic E-state index is 11.6. The Hall–Kier alpha value is -2.16. The summed E-state index contributed by atoms with van der Waals surface area (Å²) in [6, 6.07) is 2.28. The van der Waals surface area contributed by atoms with Crippen molar-refractivity contribution in [1.82, 2.24) is 10.3 Å². The van der Waals surface area contributed by atoms with Gasteiger partial charge in [-0.3, -0.25) is 9.59 Å². The SMILES string of the molecule is O=C(COC(=O)c1ccc[nH]c1=O)NC1CCS(=O)(=O)C1. The van der Waals surface area contributed by atoms with Crippen LogP contribution in [0.3, 0.4) is 0 Å². The molecule has 0 saturated carbocycles. The van der Waals surface area contributed by atoms with Gasteiger partial charge in [-0.15, -0.1) is 0 Å². The molecule has 1 aliphatic heterocycles. The molecule has 0 aliphatic carbocycles. The van der Waals surface area contributed by atoms with Crippen LogP contribution in [0.4, 0.5) is 0 Å². The summed E-state index contributed by atoms with van der Waals surface area (Å²) in [4.78, 5) is 36.8. The van der Waals surface area contributed by atoms with Gasteiger partial charge in [-0.25, -0.2) is 13.2 Å². The normalized spacial score (nSPS) is 19.9. The number of hydrogen-bond acceptors (Lipinski definition) is 6. The molecule has 1 atom stereocenters. The number of pyridine rings is 1. The zero-order chi connectivity index (χ0) is 15.5. The number of ether oxygens (including phenoxy) is 1. The lowest BCUT2D eigenvalue weighted by atomic mass is 10.2. The zero-order valence-electron chi connectivity index (χ0n) is 11.0. The summed E-state index contributed by atoms with van der Waals surface area (Å²) in [6.07, 6.45) is 1.72. The van der Waals surface area contributed by atoms with E-state index in [-0.39, 0.29) is 17.1 Å². The van der Waals surface area contributed by atoms with Gasteiger partial charge in [-0.05, 0) is 18.6 Å². The van der Waals surface area contributed by atoms with E-state index in [9.17, 15) is 22.8 Å². The van der Waals surface area contributed by atoms with Crippen molar-refractivity contribution in [2.24, 2.45) is 0 Å². The van der Waals surface area contributed by atoms with Gasteiger partial charge in [-0.1, -0.05) is 0 Å². The third-order valence-corrected chi connectivity index (χ3v) is 4.74. The van der Waals surface area contributed by atoms with Crippen molar-refractivity contribution in [3.63, 3.8) is 0 Å². The quantitative estimate of drug-likeness (QED) is 0.676. The molecule has 0 bridgehead atoms. The van der Waals surface area contributed by atoms with Gasteiger partial charge < -0.3 is 15.0 Å². The topological polar surface area (TPSA) is 122 Å². The highest BCUT2D eigenvalue weighted by Crippen LogP contribution is 2.10. The van der Waals surface area contributed by atoms with Crippen molar-refractivity contribution in [2.45, 2.75) is 12.5 Å². The van der Waals surface area contributed by atoms with Crippen LogP contribution in [0.15, 0.2) is 23.1 Å². The number of rotatable bonds is 4. The zero-order valence-corrected chi connectivity index (χ0v) is 11.8. The molecule has 0 radical (unpaired) electrons. The second kappa shape index (κ2) is 6.08. The second-order valence-corrected chi connectivity index (χ2v) is 6.89.